The Labute approximate surface area is 119 Å². The lowest BCUT2D eigenvalue weighted by Crippen LogP contribution is -2.15. The zero-order valence-corrected chi connectivity index (χ0v) is 11.5. The van der Waals surface area contributed by atoms with Crippen molar-refractivity contribution < 1.29 is 4.79 Å². The summed E-state index contributed by atoms with van der Waals surface area (Å²) in [4.78, 5) is 19.7. The molecule has 1 heterocycles. The number of carbonyl (C=O) groups excluding carboxylic acids is 1. The van der Waals surface area contributed by atoms with Crippen LogP contribution >= 0.6 is 23.2 Å². The highest BCUT2D eigenvalue weighted by atomic mass is 35.5. The predicted octanol–water partition coefficient (Wildman–Crippen LogP) is 2.93. The topological polar surface area (TPSA) is 80.9 Å². The van der Waals surface area contributed by atoms with E-state index in [-0.39, 0.29) is 21.9 Å². The van der Waals surface area contributed by atoms with Gasteiger partial charge in [-0.25, -0.2) is 9.97 Å². The molecule has 0 unspecified atom stereocenters. The van der Waals surface area contributed by atoms with Gasteiger partial charge in [-0.05, 0) is 24.6 Å². The largest absolute Gasteiger partial charge is 0.398 e. The molecule has 0 radical (unpaired) electrons. The van der Waals surface area contributed by atoms with Crippen molar-refractivity contribution in [3.8, 4) is 0 Å². The van der Waals surface area contributed by atoms with Crippen LogP contribution in [0.25, 0.3) is 0 Å². The van der Waals surface area contributed by atoms with E-state index < -0.39 is 0 Å². The molecule has 2 rings (SSSR count). The van der Waals surface area contributed by atoms with Crippen LogP contribution in [0.5, 0.6) is 0 Å². The van der Waals surface area contributed by atoms with Crippen LogP contribution < -0.4 is 11.1 Å². The van der Waals surface area contributed by atoms with Crippen molar-refractivity contribution in [2.45, 2.75) is 6.92 Å². The van der Waals surface area contributed by atoms with Crippen molar-refractivity contribution in [2.24, 2.45) is 0 Å². The molecule has 1 amide bonds. The van der Waals surface area contributed by atoms with Gasteiger partial charge in [0.25, 0.3) is 5.91 Å². The molecular weight excluding hydrogens is 287 g/mol. The van der Waals surface area contributed by atoms with E-state index in [2.05, 4.69) is 15.3 Å². The standard InChI is InChI=1S/C12H10Cl2N4O/c1-6-7(3-2-4-8(6)15)12(19)18-9-10(13)16-5-17-11(9)14/h2-5H,15H2,1H3,(H,18,19). The fourth-order valence-electron chi connectivity index (χ4n) is 1.53. The molecule has 3 N–H and O–H groups in total. The molecule has 1 aromatic carbocycles. The highest BCUT2D eigenvalue weighted by Gasteiger charge is 2.15. The number of benzene rings is 1. The monoisotopic (exact) mass is 296 g/mol. The smallest absolute Gasteiger partial charge is 0.256 e. The highest BCUT2D eigenvalue weighted by molar-refractivity contribution is 6.38. The molecule has 0 aliphatic rings. The van der Waals surface area contributed by atoms with Crippen LogP contribution in [0.1, 0.15) is 15.9 Å². The Morgan fingerprint density at radius 1 is 1.26 bits per heavy atom. The highest BCUT2D eigenvalue weighted by Crippen LogP contribution is 2.27. The molecule has 0 spiro atoms. The third-order valence-electron chi connectivity index (χ3n) is 2.61. The number of hydrogen-bond donors (Lipinski definition) is 2. The van der Waals surface area contributed by atoms with E-state index >= 15 is 0 Å². The van der Waals surface area contributed by atoms with Gasteiger partial charge in [0.1, 0.15) is 12.0 Å². The summed E-state index contributed by atoms with van der Waals surface area (Å²) in [5.74, 6) is -0.372. The zero-order valence-electron chi connectivity index (χ0n) is 9.95. The maximum atomic E-state index is 12.2. The minimum atomic E-state index is -0.372. The van der Waals surface area contributed by atoms with Gasteiger partial charge in [-0.1, -0.05) is 29.3 Å². The van der Waals surface area contributed by atoms with Gasteiger partial charge < -0.3 is 11.1 Å². The Morgan fingerprint density at radius 2 is 1.89 bits per heavy atom. The minimum Gasteiger partial charge on any atom is -0.398 e. The van der Waals surface area contributed by atoms with Crippen molar-refractivity contribution in [3.63, 3.8) is 0 Å². The van der Waals surface area contributed by atoms with Gasteiger partial charge in [0.15, 0.2) is 10.3 Å². The van der Waals surface area contributed by atoms with E-state index in [4.69, 9.17) is 28.9 Å². The van der Waals surface area contributed by atoms with Crippen LogP contribution in [0.2, 0.25) is 10.3 Å². The summed E-state index contributed by atoms with van der Waals surface area (Å²) in [5, 5.41) is 2.74. The number of rotatable bonds is 2. The number of halogens is 2. The SMILES string of the molecule is Cc1c(N)cccc1C(=O)Nc1c(Cl)ncnc1Cl. The molecule has 0 bridgehead atoms. The second kappa shape index (κ2) is 5.42. The molecular formula is C12H10Cl2N4O. The normalized spacial score (nSPS) is 10.3. The first-order valence-corrected chi connectivity index (χ1v) is 6.08. The summed E-state index contributed by atoms with van der Waals surface area (Å²) in [6.07, 6.45) is 1.21. The number of aromatic nitrogens is 2. The third kappa shape index (κ3) is 2.77. The van der Waals surface area contributed by atoms with E-state index in [1.54, 1.807) is 25.1 Å². The van der Waals surface area contributed by atoms with Gasteiger partial charge in [0.05, 0.1) is 0 Å². The van der Waals surface area contributed by atoms with Crippen LogP contribution in [-0.2, 0) is 0 Å². The minimum absolute atomic E-state index is 0.0786. The molecule has 98 valence electrons. The van der Waals surface area contributed by atoms with E-state index in [0.29, 0.717) is 16.8 Å². The number of nitrogens with zero attached hydrogens (tertiary/aromatic N) is 2. The lowest BCUT2D eigenvalue weighted by Gasteiger charge is -2.10. The summed E-state index contributed by atoms with van der Waals surface area (Å²) in [6.45, 7) is 1.76. The van der Waals surface area contributed by atoms with Crippen molar-refractivity contribution in [1.82, 2.24) is 9.97 Å². The maximum Gasteiger partial charge on any atom is 0.256 e. The van der Waals surface area contributed by atoms with Crippen LogP contribution in [0.15, 0.2) is 24.5 Å². The summed E-state index contributed by atoms with van der Waals surface area (Å²) < 4.78 is 0. The molecule has 7 heteroatoms. The molecule has 0 saturated carbocycles. The Bertz CT molecular complexity index is 625. The van der Waals surface area contributed by atoms with E-state index in [1.807, 2.05) is 0 Å². The fourth-order valence-corrected chi connectivity index (χ4v) is 1.94. The number of carbonyl (C=O) groups is 1. The quantitative estimate of drug-likeness (QED) is 0.659. The number of amides is 1. The van der Waals surface area contributed by atoms with Gasteiger partial charge in [0.2, 0.25) is 0 Å². The summed E-state index contributed by atoms with van der Waals surface area (Å²) in [6, 6.07) is 5.08. The number of hydrogen-bond acceptors (Lipinski definition) is 4. The van der Waals surface area contributed by atoms with Gasteiger partial charge in [-0.2, -0.15) is 0 Å². The van der Waals surface area contributed by atoms with Gasteiger partial charge in [-0.15, -0.1) is 0 Å². The maximum absolute atomic E-state index is 12.2. The van der Waals surface area contributed by atoms with E-state index in [0.717, 1.165) is 0 Å². The van der Waals surface area contributed by atoms with Crippen LogP contribution in [0, 0.1) is 6.92 Å². The van der Waals surface area contributed by atoms with Crippen molar-refractivity contribution in [1.29, 1.82) is 0 Å². The van der Waals surface area contributed by atoms with Crippen LogP contribution in [0.3, 0.4) is 0 Å². The van der Waals surface area contributed by atoms with Crippen LogP contribution in [-0.4, -0.2) is 15.9 Å². The lowest BCUT2D eigenvalue weighted by molar-refractivity contribution is 0.102. The van der Waals surface area contributed by atoms with Crippen molar-refractivity contribution >= 4 is 40.5 Å². The average Bonchev–Trinajstić information content (AvgIpc) is 2.37. The number of nitrogen functional groups attached to an aromatic ring is 1. The molecule has 0 aliphatic carbocycles. The Morgan fingerprint density at radius 3 is 2.53 bits per heavy atom. The zero-order chi connectivity index (χ0) is 14.0. The molecule has 0 saturated heterocycles. The Kier molecular flexibility index (Phi) is 3.87. The number of nitrogens with one attached hydrogen (secondary N) is 1. The van der Waals surface area contributed by atoms with E-state index in [9.17, 15) is 4.79 Å². The number of nitrogens with two attached hydrogens (primary N) is 1. The second-order valence-electron chi connectivity index (χ2n) is 3.80. The lowest BCUT2D eigenvalue weighted by atomic mass is 10.1. The fraction of sp³-hybridized carbons (Fsp3) is 0.0833. The second-order valence-corrected chi connectivity index (χ2v) is 4.52. The summed E-state index contributed by atoms with van der Waals surface area (Å²) in [7, 11) is 0. The summed E-state index contributed by atoms with van der Waals surface area (Å²) in [5.41, 5.74) is 7.59. The number of anilines is 2. The van der Waals surface area contributed by atoms with E-state index in [1.165, 1.54) is 6.33 Å². The molecule has 0 atom stereocenters. The first-order valence-electron chi connectivity index (χ1n) is 5.33. The predicted molar refractivity (Wildman–Crippen MR) is 75.6 cm³/mol. The average molecular weight is 297 g/mol. The molecule has 19 heavy (non-hydrogen) atoms. The first kappa shape index (κ1) is 13.6. The molecule has 5 nitrogen and oxygen atoms in total. The van der Waals surface area contributed by atoms with Gasteiger partial charge in [0, 0.05) is 11.3 Å². The summed E-state index contributed by atoms with van der Waals surface area (Å²) >= 11 is 11.7. The first-order chi connectivity index (χ1) is 9.00. The van der Waals surface area contributed by atoms with Gasteiger partial charge in [-0.3, -0.25) is 4.79 Å². The third-order valence-corrected chi connectivity index (χ3v) is 3.19. The Hall–Kier alpha value is -1.85. The van der Waals surface area contributed by atoms with Crippen molar-refractivity contribution in [2.75, 3.05) is 11.1 Å². The van der Waals surface area contributed by atoms with Crippen molar-refractivity contribution in [3.05, 3.63) is 46.0 Å². The Balaban J connectivity index is 2.34. The molecule has 0 fully saturated rings. The molecule has 0 aliphatic heterocycles. The molecule has 2 aromatic rings. The van der Waals surface area contributed by atoms with Crippen LogP contribution in [0.4, 0.5) is 11.4 Å². The van der Waals surface area contributed by atoms with Gasteiger partial charge >= 0.3 is 0 Å². The molecule has 1 aromatic heterocycles.